The molecule has 0 heterocycles. The third kappa shape index (κ3) is 3.90. The van der Waals surface area contributed by atoms with Crippen molar-refractivity contribution in [3.8, 4) is 0 Å². The minimum absolute atomic E-state index is 0.00806. The Morgan fingerprint density at radius 3 is 2.21 bits per heavy atom. The molecule has 0 radical (unpaired) electrons. The zero-order valence-corrected chi connectivity index (χ0v) is 9.38. The normalized spacial score (nSPS) is 14.8. The molecule has 0 aromatic rings. The smallest absolute Gasteiger partial charge is 0.228 e. The van der Waals surface area contributed by atoms with Crippen LogP contribution in [0.2, 0.25) is 0 Å². The summed E-state index contributed by atoms with van der Waals surface area (Å²) in [5, 5.41) is 0. The summed E-state index contributed by atoms with van der Waals surface area (Å²) < 4.78 is 0. The van der Waals surface area contributed by atoms with Crippen molar-refractivity contribution in [2.45, 2.75) is 46.5 Å². The Hall–Kier alpha value is -0.860. The number of hydrogen-bond acceptors (Lipinski definition) is 2. The van der Waals surface area contributed by atoms with Gasteiger partial charge in [0.25, 0.3) is 0 Å². The number of hydrogen-bond donors (Lipinski definition) is 1. The van der Waals surface area contributed by atoms with Crippen molar-refractivity contribution in [1.29, 1.82) is 0 Å². The van der Waals surface area contributed by atoms with Gasteiger partial charge >= 0.3 is 0 Å². The first-order chi connectivity index (χ1) is 6.54. The molecule has 0 spiro atoms. The van der Waals surface area contributed by atoms with Crippen molar-refractivity contribution in [2.24, 2.45) is 17.6 Å². The number of carbonyl (C=O) groups excluding carboxylic acids is 2. The molecule has 0 saturated carbocycles. The number of unbranched alkanes of at least 4 members (excludes halogenated alkanes) is 1. The van der Waals surface area contributed by atoms with E-state index in [4.69, 9.17) is 5.73 Å². The second kappa shape index (κ2) is 6.57. The highest BCUT2D eigenvalue weighted by Crippen LogP contribution is 2.18. The van der Waals surface area contributed by atoms with Gasteiger partial charge in [-0.2, -0.15) is 0 Å². The molecule has 2 unspecified atom stereocenters. The molecule has 2 atom stereocenters. The number of primary amides is 1. The summed E-state index contributed by atoms with van der Waals surface area (Å²) in [5.74, 6) is -0.974. The van der Waals surface area contributed by atoms with Crippen LogP contribution in [0.4, 0.5) is 0 Å². The van der Waals surface area contributed by atoms with Crippen LogP contribution in [-0.2, 0) is 9.59 Å². The molecule has 3 nitrogen and oxygen atoms in total. The van der Waals surface area contributed by atoms with Crippen LogP contribution in [-0.4, -0.2) is 11.7 Å². The van der Waals surface area contributed by atoms with Gasteiger partial charge in [-0.3, -0.25) is 9.59 Å². The molecular weight excluding hydrogens is 178 g/mol. The van der Waals surface area contributed by atoms with Crippen LogP contribution in [0, 0.1) is 11.8 Å². The van der Waals surface area contributed by atoms with Crippen LogP contribution >= 0.6 is 0 Å². The van der Waals surface area contributed by atoms with Crippen LogP contribution in [0.15, 0.2) is 0 Å². The average Bonchev–Trinajstić information content (AvgIpc) is 2.14. The number of amides is 1. The Kier molecular flexibility index (Phi) is 6.17. The van der Waals surface area contributed by atoms with Crippen molar-refractivity contribution in [1.82, 2.24) is 0 Å². The number of carbonyl (C=O) groups is 2. The molecule has 0 aromatic carbocycles. The van der Waals surface area contributed by atoms with E-state index in [-0.39, 0.29) is 11.7 Å². The van der Waals surface area contributed by atoms with Gasteiger partial charge < -0.3 is 5.73 Å². The maximum absolute atomic E-state index is 11.6. The molecule has 0 aliphatic heterocycles. The minimum atomic E-state index is -0.577. The lowest BCUT2D eigenvalue weighted by atomic mass is 9.86. The molecule has 0 aromatic heterocycles. The highest BCUT2D eigenvalue weighted by atomic mass is 16.2. The predicted octanol–water partition coefficient (Wildman–Crippen LogP) is 1.89. The Balaban J connectivity index is 4.34. The first-order valence-corrected chi connectivity index (χ1v) is 5.36. The SMILES string of the molecule is CCCCC(=O)C(C(N)=O)C(C)CC. The summed E-state index contributed by atoms with van der Waals surface area (Å²) in [4.78, 5) is 22.7. The van der Waals surface area contributed by atoms with Gasteiger partial charge in [-0.05, 0) is 12.3 Å². The van der Waals surface area contributed by atoms with Gasteiger partial charge in [-0.1, -0.05) is 33.6 Å². The lowest BCUT2D eigenvalue weighted by molar-refractivity contribution is -0.134. The van der Waals surface area contributed by atoms with Gasteiger partial charge in [0.05, 0.1) is 5.92 Å². The fourth-order valence-electron chi connectivity index (χ4n) is 1.50. The van der Waals surface area contributed by atoms with E-state index < -0.39 is 11.8 Å². The Bertz CT molecular complexity index is 201. The first-order valence-electron chi connectivity index (χ1n) is 5.36. The second-order valence-electron chi connectivity index (χ2n) is 3.84. The molecule has 14 heavy (non-hydrogen) atoms. The van der Waals surface area contributed by atoms with Gasteiger partial charge in [0, 0.05) is 6.42 Å². The monoisotopic (exact) mass is 199 g/mol. The molecule has 0 aliphatic rings. The molecule has 0 aliphatic carbocycles. The van der Waals surface area contributed by atoms with Gasteiger partial charge in [-0.15, -0.1) is 0 Å². The van der Waals surface area contributed by atoms with E-state index in [1.165, 1.54) is 0 Å². The summed E-state index contributed by atoms with van der Waals surface area (Å²) in [5.41, 5.74) is 5.23. The first kappa shape index (κ1) is 13.1. The number of Topliss-reactive ketones (excluding diaryl/α,β-unsaturated/α-hetero) is 1. The van der Waals surface area contributed by atoms with E-state index in [0.29, 0.717) is 6.42 Å². The van der Waals surface area contributed by atoms with Crippen LogP contribution in [0.1, 0.15) is 46.5 Å². The zero-order chi connectivity index (χ0) is 11.1. The van der Waals surface area contributed by atoms with E-state index in [1.807, 2.05) is 20.8 Å². The lowest BCUT2D eigenvalue weighted by Crippen LogP contribution is -2.35. The van der Waals surface area contributed by atoms with Crippen molar-refractivity contribution >= 4 is 11.7 Å². The standard InChI is InChI=1S/C11H21NO2/c1-4-6-7-9(13)10(11(12)14)8(3)5-2/h8,10H,4-7H2,1-3H3,(H2,12,14). The fourth-order valence-corrected chi connectivity index (χ4v) is 1.50. The topological polar surface area (TPSA) is 60.2 Å². The number of rotatable bonds is 7. The molecule has 3 heteroatoms. The average molecular weight is 199 g/mol. The molecule has 2 N–H and O–H groups in total. The van der Waals surface area contributed by atoms with Crippen LogP contribution in [0.5, 0.6) is 0 Å². The predicted molar refractivity (Wildman–Crippen MR) is 56.7 cm³/mol. The Morgan fingerprint density at radius 1 is 1.29 bits per heavy atom. The van der Waals surface area contributed by atoms with E-state index in [9.17, 15) is 9.59 Å². The summed E-state index contributed by atoms with van der Waals surface area (Å²) in [6, 6.07) is 0. The Labute approximate surface area is 86.1 Å². The molecule has 0 saturated heterocycles. The lowest BCUT2D eigenvalue weighted by Gasteiger charge is -2.18. The summed E-state index contributed by atoms with van der Waals surface area (Å²) in [6.07, 6.45) is 3.11. The molecule has 1 amide bonds. The number of nitrogens with two attached hydrogens (primary N) is 1. The second-order valence-corrected chi connectivity index (χ2v) is 3.84. The summed E-state index contributed by atoms with van der Waals surface area (Å²) in [6.45, 7) is 5.89. The zero-order valence-electron chi connectivity index (χ0n) is 9.38. The fraction of sp³-hybridized carbons (Fsp3) is 0.818. The molecular formula is C11H21NO2. The summed E-state index contributed by atoms with van der Waals surface area (Å²) >= 11 is 0. The largest absolute Gasteiger partial charge is 0.369 e. The van der Waals surface area contributed by atoms with E-state index in [0.717, 1.165) is 19.3 Å². The van der Waals surface area contributed by atoms with Gasteiger partial charge in [-0.25, -0.2) is 0 Å². The number of ketones is 1. The highest BCUT2D eigenvalue weighted by molar-refractivity contribution is 6.00. The van der Waals surface area contributed by atoms with Crippen molar-refractivity contribution in [3.05, 3.63) is 0 Å². The highest BCUT2D eigenvalue weighted by Gasteiger charge is 2.28. The molecule has 0 rings (SSSR count). The maximum Gasteiger partial charge on any atom is 0.228 e. The molecule has 0 bridgehead atoms. The molecule has 0 fully saturated rings. The minimum Gasteiger partial charge on any atom is -0.369 e. The van der Waals surface area contributed by atoms with Crippen LogP contribution < -0.4 is 5.73 Å². The van der Waals surface area contributed by atoms with Crippen molar-refractivity contribution < 1.29 is 9.59 Å². The quantitative estimate of drug-likeness (QED) is 0.636. The maximum atomic E-state index is 11.6. The van der Waals surface area contributed by atoms with Crippen molar-refractivity contribution in [3.63, 3.8) is 0 Å². The van der Waals surface area contributed by atoms with E-state index in [2.05, 4.69) is 0 Å². The third-order valence-corrected chi connectivity index (χ3v) is 2.64. The molecule has 82 valence electrons. The third-order valence-electron chi connectivity index (χ3n) is 2.64. The van der Waals surface area contributed by atoms with Gasteiger partial charge in [0.1, 0.15) is 5.78 Å². The van der Waals surface area contributed by atoms with Gasteiger partial charge in [0.15, 0.2) is 0 Å². The van der Waals surface area contributed by atoms with Gasteiger partial charge in [0.2, 0.25) is 5.91 Å². The van der Waals surface area contributed by atoms with Crippen LogP contribution in [0.3, 0.4) is 0 Å². The van der Waals surface area contributed by atoms with Crippen molar-refractivity contribution in [2.75, 3.05) is 0 Å². The summed E-state index contributed by atoms with van der Waals surface area (Å²) in [7, 11) is 0. The Morgan fingerprint density at radius 2 is 1.86 bits per heavy atom. The van der Waals surface area contributed by atoms with E-state index in [1.54, 1.807) is 0 Å². The van der Waals surface area contributed by atoms with E-state index >= 15 is 0 Å². The van der Waals surface area contributed by atoms with Crippen LogP contribution in [0.25, 0.3) is 0 Å².